The monoisotopic (exact) mass is 323 g/mol. The van der Waals surface area contributed by atoms with Gasteiger partial charge in [-0.15, -0.1) is 0 Å². The molecule has 124 valence electrons. The highest BCUT2D eigenvalue weighted by Gasteiger charge is 2.12. The van der Waals surface area contributed by atoms with E-state index in [4.69, 9.17) is 0 Å². The number of hydrogen-bond donors (Lipinski definition) is 1. The molecule has 24 heavy (non-hydrogen) atoms. The second-order valence-corrected chi connectivity index (χ2v) is 6.19. The fourth-order valence-electron chi connectivity index (χ4n) is 2.95. The number of fused-ring (bicyclic) bond motifs is 1. The minimum Gasteiger partial charge on any atom is -0.378 e. The molecular formula is C20H22FN3. The third-order valence-electron chi connectivity index (χ3n) is 4.67. The van der Waals surface area contributed by atoms with Gasteiger partial charge in [0.2, 0.25) is 0 Å². The first kappa shape index (κ1) is 16.2. The normalized spacial score (nSPS) is 11.0. The first-order valence-electron chi connectivity index (χ1n) is 8.02. The number of nitrogens with zero attached hydrogens (tertiary/aromatic N) is 2. The molecule has 1 aromatic carbocycles. The molecule has 0 aliphatic carbocycles. The number of halogens is 1. The largest absolute Gasteiger partial charge is 0.378 e. The van der Waals surface area contributed by atoms with Crippen molar-refractivity contribution in [1.29, 1.82) is 0 Å². The summed E-state index contributed by atoms with van der Waals surface area (Å²) in [5, 5.41) is 3.43. The van der Waals surface area contributed by atoms with Crippen LogP contribution >= 0.6 is 0 Å². The van der Waals surface area contributed by atoms with Gasteiger partial charge in [0, 0.05) is 18.4 Å². The zero-order valence-corrected chi connectivity index (χ0v) is 14.6. The number of benzene rings is 1. The molecule has 0 spiro atoms. The van der Waals surface area contributed by atoms with Crippen LogP contribution in [0.3, 0.4) is 0 Å². The predicted octanol–water partition coefficient (Wildman–Crippen LogP) is 4.96. The third kappa shape index (κ3) is 2.68. The van der Waals surface area contributed by atoms with Crippen LogP contribution in [0.5, 0.6) is 0 Å². The Balaban J connectivity index is 2.03. The van der Waals surface area contributed by atoms with Gasteiger partial charge in [-0.05, 0) is 62.1 Å². The molecule has 0 fully saturated rings. The summed E-state index contributed by atoms with van der Waals surface area (Å²) in [6.45, 7) is 12.3. The van der Waals surface area contributed by atoms with Gasteiger partial charge < -0.3 is 9.72 Å². The molecule has 3 aromatic rings. The highest BCUT2D eigenvalue weighted by atomic mass is 19.1. The van der Waals surface area contributed by atoms with E-state index in [-0.39, 0.29) is 5.82 Å². The molecular weight excluding hydrogens is 301 g/mol. The molecule has 4 heteroatoms. The fraction of sp³-hybridized carbons (Fsp3) is 0.250. The molecule has 0 atom stereocenters. The molecule has 0 saturated carbocycles. The number of rotatable bonds is 4. The lowest BCUT2D eigenvalue weighted by Crippen LogP contribution is -2.06. The SMILES string of the molecule is C=Cc1cc(NCc2c(C)ccc(F)c2C)c2nc(C)c(C)n2c1. The number of imidazole rings is 1. The van der Waals surface area contributed by atoms with Crippen molar-refractivity contribution in [3.8, 4) is 0 Å². The van der Waals surface area contributed by atoms with Crippen molar-refractivity contribution in [3.63, 3.8) is 0 Å². The molecule has 1 N–H and O–H groups in total. The molecule has 0 aliphatic heterocycles. The van der Waals surface area contributed by atoms with Gasteiger partial charge in [0.25, 0.3) is 0 Å². The molecule has 0 radical (unpaired) electrons. The average Bonchev–Trinajstić information content (AvgIpc) is 2.86. The number of aromatic nitrogens is 2. The molecule has 2 heterocycles. The molecule has 3 nitrogen and oxygen atoms in total. The smallest absolute Gasteiger partial charge is 0.160 e. The van der Waals surface area contributed by atoms with Crippen molar-refractivity contribution in [2.75, 3.05) is 5.32 Å². The summed E-state index contributed by atoms with van der Waals surface area (Å²) in [5.41, 5.74) is 7.67. The standard InChI is InChI=1S/C20H22FN3/c1-6-16-9-19(20-23-14(4)15(5)24(20)11-16)22-10-17-12(2)7-8-18(21)13(17)3/h6-9,11,22H,1,10H2,2-5H3. The number of pyridine rings is 1. The zero-order valence-electron chi connectivity index (χ0n) is 14.6. The molecule has 2 aromatic heterocycles. The second-order valence-electron chi connectivity index (χ2n) is 6.19. The molecule has 0 saturated heterocycles. The summed E-state index contributed by atoms with van der Waals surface area (Å²) in [7, 11) is 0. The lowest BCUT2D eigenvalue weighted by molar-refractivity contribution is 0.615. The summed E-state index contributed by atoms with van der Waals surface area (Å²) in [5.74, 6) is -0.171. The number of anilines is 1. The van der Waals surface area contributed by atoms with Crippen LogP contribution in [-0.4, -0.2) is 9.38 Å². The van der Waals surface area contributed by atoms with Gasteiger partial charge in [-0.2, -0.15) is 0 Å². The minimum absolute atomic E-state index is 0.171. The van der Waals surface area contributed by atoms with E-state index in [0.29, 0.717) is 12.1 Å². The Kier molecular flexibility index (Phi) is 4.14. The first-order valence-corrected chi connectivity index (χ1v) is 8.02. The van der Waals surface area contributed by atoms with Crippen LogP contribution in [0.25, 0.3) is 11.7 Å². The van der Waals surface area contributed by atoms with Crippen LogP contribution in [0.15, 0.2) is 31.0 Å². The highest BCUT2D eigenvalue weighted by molar-refractivity contribution is 5.72. The topological polar surface area (TPSA) is 29.3 Å². The Hall–Kier alpha value is -2.62. The van der Waals surface area contributed by atoms with Gasteiger partial charge in [-0.1, -0.05) is 18.7 Å². The summed E-state index contributed by atoms with van der Waals surface area (Å²) < 4.78 is 15.9. The van der Waals surface area contributed by atoms with Gasteiger partial charge in [0.1, 0.15) is 5.82 Å². The van der Waals surface area contributed by atoms with Crippen molar-refractivity contribution >= 4 is 17.4 Å². The van der Waals surface area contributed by atoms with Gasteiger partial charge in [-0.25, -0.2) is 9.37 Å². The molecule has 0 amide bonds. The van der Waals surface area contributed by atoms with Crippen molar-refractivity contribution < 1.29 is 4.39 Å². The van der Waals surface area contributed by atoms with Crippen molar-refractivity contribution in [2.45, 2.75) is 34.2 Å². The van der Waals surface area contributed by atoms with E-state index < -0.39 is 0 Å². The predicted molar refractivity (Wildman–Crippen MR) is 98.0 cm³/mol. The van der Waals surface area contributed by atoms with Gasteiger partial charge >= 0.3 is 0 Å². The Labute approximate surface area is 141 Å². The lowest BCUT2D eigenvalue weighted by Gasteiger charge is -2.14. The van der Waals surface area contributed by atoms with Crippen LogP contribution in [0.2, 0.25) is 0 Å². The third-order valence-corrected chi connectivity index (χ3v) is 4.67. The van der Waals surface area contributed by atoms with Crippen LogP contribution < -0.4 is 5.32 Å². The molecule has 0 aliphatic rings. The summed E-state index contributed by atoms with van der Waals surface area (Å²) in [6, 6.07) is 5.36. The summed E-state index contributed by atoms with van der Waals surface area (Å²) in [4.78, 5) is 4.65. The first-order chi connectivity index (χ1) is 11.4. The quantitative estimate of drug-likeness (QED) is 0.735. The number of nitrogens with one attached hydrogen (secondary N) is 1. The van der Waals surface area contributed by atoms with E-state index in [1.165, 1.54) is 6.07 Å². The molecule has 0 bridgehead atoms. The molecule has 0 unspecified atom stereocenters. The van der Waals surface area contributed by atoms with E-state index in [1.54, 1.807) is 0 Å². The van der Waals surface area contributed by atoms with Crippen LogP contribution in [0.1, 0.15) is 33.6 Å². The second kappa shape index (κ2) is 6.11. The Morgan fingerprint density at radius 1 is 1.25 bits per heavy atom. The van der Waals surface area contributed by atoms with Crippen molar-refractivity contribution in [1.82, 2.24) is 9.38 Å². The summed E-state index contributed by atoms with van der Waals surface area (Å²) in [6.07, 6.45) is 3.85. The Morgan fingerprint density at radius 3 is 2.71 bits per heavy atom. The summed E-state index contributed by atoms with van der Waals surface area (Å²) >= 11 is 0. The number of hydrogen-bond acceptors (Lipinski definition) is 2. The highest BCUT2D eigenvalue weighted by Crippen LogP contribution is 2.24. The number of aryl methyl sites for hydroxylation is 3. The van der Waals surface area contributed by atoms with Gasteiger partial charge in [0.05, 0.1) is 11.4 Å². The minimum atomic E-state index is -0.171. The van der Waals surface area contributed by atoms with Crippen LogP contribution in [-0.2, 0) is 6.54 Å². The van der Waals surface area contributed by atoms with E-state index in [1.807, 2.05) is 52.1 Å². The van der Waals surface area contributed by atoms with Crippen molar-refractivity contribution in [3.05, 3.63) is 70.4 Å². The Bertz CT molecular complexity index is 938. The van der Waals surface area contributed by atoms with Gasteiger partial charge in [0.15, 0.2) is 5.65 Å². The maximum Gasteiger partial charge on any atom is 0.160 e. The zero-order chi connectivity index (χ0) is 17.4. The van der Waals surface area contributed by atoms with E-state index in [0.717, 1.165) is 39.4 Å². The average molecular weight is 323 g/mol. The van der Waals surface area contributed by atoms with Gasteiger partial charge in [-0.3, -0.25) is 0 Å². The Morgan fingerprint density at radius 2 is 2.00 bits per heavy atom. The van der Waals surface area contributed by atoms with E-state index >= 15 is 0 Å². The molecule has 3 rings (SSSR count). The lowest BCUT2D eigenvalue weighted by atomic mass is 10.0. The fourth-order valence-corrected chi connectivity index (χ4v) is 2.95. The van der Waals surface area contributed by atoms with Crippen molar-refractivity contribution in [2.24, 2.45) is 0 Å². The van der Waals surface area contributed by atoms with E-state index in [2.05, 4.69) is 21.3 Å². The van der Waals surface area contributed by atoms with E-state index in [9.17, 15) is 4.39 Å². The van der Waals surface area contributed by atoms with Crippen LogP contribution in [0.4, 0.5) is 10.1 Å². The van der Waals surface area contributed by atoms with Crippen LogP contribution in [0, 0.1) is 33.5 Å². The maximum absolute atomic E-state index is 13.9. The maximum atomic E-state index is 13.9.